The van der Waals surface area contributed by atoms with Crippen molar-refractivity contribution in [2.75, 3.05) is 6.61 Å². The Morgan fingerprint density at radius 3 is 2.12 bits per heavy atom. The first-order valence-electron chi connectivity index (χ1n) is 6.43. The van der Waals surface area contributed by atoms with Crippen LogP contribution in [0.15, 0.2) is 0 Å². The van der Waals surface area contributed by atoms with Crippen molar-refractivity contribution in [2.45, 2.75) is 60.8 Å². The molecular weight excluding hydrogens is 200 g/mol. The minimum Gasteiger partial charge on any atom is -0.465 e. The lowest BCUT2D eigenvalue weighted by Crippen LogP contribution is -2.28. The Hall–Kier alpha value is -0.530. The average molecular weight is 228 g/mol. The molecule has 0 aromatic heterocycles. The molecule has 0 saturated carbocycles. The summed E-state index contributed by atoms with van der Waals surface area (Å²) in [6, 6.07) is 0. The molecule has 16 heavy (non-hydrogen) atoms. The SMILES string of the molecule is CC(C)CCCOC(=O)C(C)(C)CC(C)C. The summed E-state index contributed by atoms with van der Waals surface area (Å²) in [5.41, 5.74) is -0.341. The van der Waals surface area contributed by atoms with E-state index >= 15 is 0 Å². The molecule has 0 aliphatic carbocycles. The van der Waals surface area contributed by atoms with Gasteiger partial charge < -0.3 is 4.74 Å². The van der Waals surface area contributed by atoms with Crippen LogP contribution in [0.5, 0.6) is 0 Å². The van der Waals surface area contributed by atoms with Gasteiger partial charge in [0.2, 0.25) is 0 Å². The fraction of sp³-hybridized carbons (Fsp3) is 0.929. The van der Waals surface area contributed by atoms with Gasteiger partial charge >= 0.3 is 5.97 Å². The zero-order valence-electron chi connectivity index (χ0n) is 11.8. The molecule has 2 heteroatoms. The molecule has 0 aromatic carbocycles. The van der Waals surface area contributed by atoms with Crippen LogP contribution >= 0.6 is 0 Å². The molecule has 0 aliphatic heterocycles. The third kappa shape index (κ3) is 6.86. The number of esters is 1. The van der Waals surface area contributed by atoms with Crippen molar-refractivity contribution in [3.63, 3.8) is 0 Å². The van der Waals surface area contributed by atoms with Crippen LogP contribution in [0.25, 0.3) is 0 Å². The highest BCUT2D eigenvalue weighted by molar-refractivity contribution is 5.75. The summed E-state index contributed by atoms with van der Waals surface area (Å²) < 4.78 is 5.32. The predicted molar refractivity (Wildman–Crippen MR) is 68.3 cm³/mol. The Bertz CT molecular complexity index is 205. The summed E-state index contributed by atoms with van der Waals surface area (Å²) in [6.45, 7) is 13.1. The lowest BCUT2D eigenvalue weighted by molar-refractivity contribution is -0.155. The summed E-state index contributed by atoms with van der Waals surface area (Å²) in [6.07, 6.45) is 2.98. The van der Waals surface area contributed by atoms with Gasteiger partial charge in [-0.3, -0.25) is 4.79 Å². The normalized spacial score (nSPS) is 12.2. The fourth-order valence-electron chi connectivity index (χ4n) is 1.96. The van der Waals surface area contributed by atoms with Gasteiger partial charge in [0.25, 0.3) is 0 Å². The Labute approximate surface area is 101 Å². The Balaban J connectivity index is 3.87. The molecule has 0 saturated heterocycles. The Morgan fingerprint density at radius 1 is 1.12 bits per heavy atom. The average Bonchev–Trinajstić information content (AvgIpc) is 2.09. The number of ether oxygens (including phenoxy) is 1. The van der Waals surface area contributed by atoms with Gasteiger partial charge in [-0.15, -0.1) is 0 Å². The number of hydrogen-bond acceptors (Lipinski definition) is 2. The van der Waals surface area contributed by atoms with Gasteiger partial charge in [0, 0.05) is 0 Å². The topological polar surface area (TPSA) is 26.3 Å². The molecule has 0 atom stereocenters. The van der Waals surface area contributed by atoms with Gasteiger partial charge in [-0.2, -0.15) is 0 Å². The van der Waals surface area contributed by atoms with Gasteiger partial charge in [-0.1, -0.05) is 27.7 Å². The lowest BCUT2D eigenvalue weighted by Gasteiger charge is -2.24. The Morgan fingerprint density at radius 2 is 1.69 bits per heavy atom. The second-order valence-electron chi connectivity index (χ2n) is 6.15. The van der Waals surface area contributed by atoms with Crippen molar-refractivity contribution in [1.29, 1.82) is 0 Å². The first kappa shape index (κ1) is 15.5. The van der Waals surface area contributed by atoms with E-state index in [0.29, 0.717) is 18.4 Å². The highest BCUT2D eigenvalue weighted by Gasteiger charge is 2.29. The van der Waals surface area contributed by atoms with Crippen molar-refractivity contribution < 1.29 is 9.53 Å². The van der Waals surface area contributed by atoms with Crippen molar-refractivity contribution in [1.82, 2.24) is 0 Å². The van der Waals surface area contributed by atoms with E-state index < -0.39 is 0 Å². The second-order valence-corrected chi connectivity index (χ2v) is 6.15. The van der Waals surface area contributed by atoms with Crippen molar-refractivity contribution >= 4 is 5.97 Å². The highest BCUT2D eigenvalue weighted by Crippen LogP contribution is 2.26. The monoisotopic (exact) mass is 228 g/mol. The van der Waals surface area contributed by atoms with Crippen LogP contribution in [0, 0.1) is 17.3 Å². The quantitative estimate of drug-likeness (QED) is 0.485. The van der Waals surface area contributed by atoms with E-state index in [9.17, 15) is 4.79 Å². The molecule has 0 aliphatic rings. The molecule has 0 bridgehead atoms. The van der Waals surface area contributed by atoms with Crippen molar-refractivity contribution in [3.05, 3.63) is 0 Å². The fourth-order valence-corrected chi connectivity index (χ4v) is 1.96. The zero-order chi connectivity index (χ0) is 12.8. The summed E-state index contributed by atoms with van der Waals surface area (Å²) >= 11 is 0. The van der Waals surface area contributed by atoms with E-state index in [1.165, 1.54) is 0 Å². The molecule has 0 unspecified atom stereocenters. The molecule has 0 aromatic rings. The number of hydrogen-bond donors (Lipinski definition) is 0. The molecular formula is C14H28O2. The summed E-state index contributed by atoms with van der Waals surface area (Å²) in [4.78, 5) is 11.8. The van der Waals surface area contributed by atoms with Gasteiger partial charge in [0.1, 0.15) is 0 Å². The van der Waals surface area contributed by atoms with Crippen LogP contribution in [0.4, 0.5) is 0 Å². The van der Waals surface area contributed by atoms with E-state index in [1.807, 2.05) is 13.8 Å². The van der Waals surface area contributed by atoms with Gasteiger partial charge in [-0.25, -0.2) is 0 Å². The van der Waals surface area contributed by atoms with Crippen LogP contribution in [-0.2, 0) is 9.53 Å². The molecule has 0 rings (SSSR count). The van der Waals surface area contributed by atoms with Crippen molar-refractivity contribution in [2.24, 2.45) is 17.3 Å². The molecule has 2 nitrogen and oxygen atoms in total. The highest BCUT2D eigenvalue weighted by atomic mass is 16.5. The maximum absolute atomic E-state index is 11.8. The number of carbonyl (C=O) groups is 1. The van der Waals surface area contributed by atoms with Crippen LogP contribution in [0.3, 0.4) is 0 Å². The van der Waals surface area contributed by atoms with Crippen LogP contribution in [0.2, 0.25) is 0 Å². The van der Waals surface area contributed by atoms with Gasteiger partial charge in [-0.05, 0) is 44.9 Å². The van der Waals surface area contributed by atoms with Crippen LogP contribution in [-0.4, -0.2) is 12.6 Å². The summed E-state index contributed by atoms with van der Waals surface area (Å²) in [5.74, 6) is 1.16. The summed E-state index contributed by atoms with van der Waals surface area (Å²) in [7, 11) is 0. The first-order chi connectivity index (χ1) is 7.25. The molecule has 0 radical (unpaired) electrons. The standard InChI is InChI=1S/C14H28O2/c1-11(2)8-7-9-16-13(15)14(5,6)10-12(3)4/h11-12H,7-10H2,1-6H3. The minimum absolute atomic E-state index is 0.0510. The number of carbonyl (C=O) groups excluding carboxylic acids is 1. The molecule has 0 spiro atoms. The van der Waals surface area contributed by atoms with E-state index in [0.717, 1.165) is 19.3 Å². The maximum Gasteiger partial charge on any atom is 0.311 e. The molecule has 0 amide bonds. The van der Waals surface area contributed by atoms with Gasteiger partial charge in [0.05, 0.1) is 12.0 Å². The maximum atomic E-state index is 11.8. The molecule has 96 valence electrons. The zero-order valence-corrected chi connectivity index (χ0v) is 11.8. The first-order valence-corrected chi connectivity index (χ1v) is 6.43. The minimum atomic E-state index is -0.341. The van der Waals surface area contributed by atoms with E-state index in [-0.39, 0.29) is 11.4 Å². The third-order valence-corrected chi connectivity index (χ3v) is 2.63. The molecule has 0 heterocycles. The largest absolute Gasteiger partial charge is 0.465 e. The number of rotatable bonds is 7. The smallest absolute Gasteiger partial charge is 0.311 e. The lowest BCUT2D eigenvalue weighted by atomic mass is 9.84. The van der Waals surface area contributed by atoms with Gasteiger partial charge in [0.15, 0.2) is 0 Å². The van der Waals surface area contributed by atoms with Crippen molar-refractivity contribution in [3.8, 4) is 0 Å². The van der Waals surface area contributed by atoms with Crippen LogP contribution < -0.4 is 0 Å². The van der Waals surface area contributed by atoms with E-state index in [4.69, 9.17) is 4.74 Å². The van der Waals surface area contributed by atoms with E-state index in [1.54, 1.807) is 0 Å². The van der Waals surface area contributed by atoms with Crippen LogP contribution in [0.1, 0.15) is 60.8 Å². The molecule has 0 fully saturated rings. The molecule has 0 N–H and O–H groups in total. The second kappa shape index (κ2) is 6.93. The summed E-state index contributed by atoms with van der Waals surface area (Å²) in [5, 5.41) is 0. The Kier molecular flexibility index (Phi) is 6.70. The third-order valence-electron chi connectivity index (χ3n) is 2.63. The predicted octanol–water partition coefficient (Wildman–Crippen LogP) is 4.04. The van der Waals surface area contributed by atoms with E-state index in [2.05, 4.69) is 27.7 Å².